The highest BCUT2D eigenvalue weighted by atomic mass is 32.2. The molecule has 1 aromatic heterocycles. The third-order valence-corrected chi connectivity index (χ3v) is 5.42. The highest BCUT2D eigenvalue weighted by molar-refractivity contribution is 7.98. The summed E-state index contributed by atoms with van der Waals surface area (Å²) >= 11 is 2.81. The van der Waals surface area contributed by atoms with Crippen molar-refractivity contribution in [3.63, 3.8) is 0 Å². The van der Waals surface area contributed by atoms with Crippen molar-refractivity contribution in [1.82, 2.24) is 10.3 Å². The Hall–Kier alpha value is -1.36. The van der Waals surface area contributed by atoms with Gasteiger partial charge in [0.1, 0.15) is 0 Å². The van der Waals surface area contributed by atoms with Crippen LogP contribution in [0.25, 0.3) is 10.2 Å². The largest absolute Gasteiger partial charge is 0.394 e. The van der Waals surface area contributed by atoms with E-state index >= 15 is 0 Å². The van der Waals surface area contributed by atoms with Gasteiger partial charge in [-0.1, -0.05) is 11.3 Å². The molecule has 0 bridgehead atoms. The number of benzene rings is 1. The van der Waals surface area contributed by atoms with Crippen molar-refractivity contribution in [2.24, 2.45) is 0 Å². The number of hydrogen-bond acceptors (Lipinski definition) is 7. The lowest BCUT2D eigenvalue weighted by atomic mass is 10.1. The van der Waals surface area contributed by atoms with Crippen LogP contribution >= 0.6 is 23.1 Å². The Morgan fingerprint density at radius 2 is 2.21 bits per heavy atom. The average Bonchev–Trinajstić information content (AvgIpc) is 2.90. The van der Waals surface area contributed by atoms with Gasteiger partial charge in [0.05, 0.1) is 29.1 Å². The predicted molar refractivity (Wildman–Crippen MR) is 99.4 cm³/mol. The van der Waals surface area contributed by atoms with Gasteiger partial charge in [-0.05, 0) is 36.6 Å². The van der Waals surface area contributed by atoms with Crippen molar-refractivity contribution in [2.75, 3.05) is 29.6 Å². The molecule has 1 amide bonds. The second-order valence-corrected chi connectivity index (χ2v) is 8.97. The molecular formula is C14H19N3O4S3. The molecule has 0 saturated heterocycles. The average molecular weight is 390 g/mol. The topological polar surface area (TPSA) is 108 Å². The minimum Gasteiger partial charge on any atom is -0.394 e. The maximum absolute atomic E-state index is 12.3. The fourth-order valence-electron chi connectivity index (χ4n) is 2.01. The Labute approximate surface area is 148 Å². The molecule has 0 saturated carbocycles. The molecule has 1 aromatic carbocycles. The van der Waals surface area contributed by atoms with E-state index < -0.39 is 10.0 Å². The summed E-state index contributed by atoms with van der Waals surface area (Å²) in [6.45, 7) is -0.114. The first-order valence-electron chi connectivity index (χ1n) is 7.11. The van der Waals surface area contributed by atoms with E-state index in [1.54, 1.807) is 30.0 Å². The van der Waals surface area contributed by atoms with E-state index in [-0.39, 0.29) is 23.7 Å². The van der Waals surface area contributed by atoms with Crippen molar-refractivity contribution in [3.8, 4) is 0 Å². The number of aliphatic hydroxyl groups is 1. The summed E-state index contributed by atoms with van der Waals surface area (Å²) in [4.78, 5) is 16.5. The lowest BCUT2D eigenvalue weighted by Crippen LogP contribution is -2.37. The Bertz CT molecular complexity index is 820. The maximum atomic E-state index is 12.3. The van der Waals surface area contributed by atoms with Gasteiger partial charge >= 0.3 is 0 Å². The molecule has 0 radical (unpaired) electrons. The van der Waals surface area contributed by atoms with Gasteiger partial charge in [0, 0.05) is 5.56 Å². The van der Waals surface area contributed by atoms with E-state index in [0.29, 0.717) is 22.2 Å². The summed E-state index contributed by atoms with van der Waals surface area (Å²) in [5.41, 5.74) is 1.06. The summed E-state index contributed by atoms with van der Waals surface area (Å²) < 4.78 is 25.6. The van der Waals surface area contributed by atoms with E-state index in [1.165, 1.54) is 0 Å². The summed E-state index contributed by atoms with van der Waals surface area (Å²) in [6, 6.07) is 4.68. The number of anilines is 1. The van der Waals surface area contributed by atoms with Crippen LogP contribution in [0, 0.1) is 0 Å². The molecule has 0 fully saturated rings. The van der Waals surface area contributed by atoms with Crippen LogP contribution in [-0.4, -0.2) is 55.3 Å². The number of rotatable bonds is 8. The van der Waals surface area contributed by atoms with Crippen molar-refractivity contribution in [3.05, 3.63) is 23.8 Å². The van der Waals surface area contributed by atoms with Gasteiger partial charge < -0.3 is 10.4 Å². The van der Waals surface area contributed by atoms with E-state index in [4.69, 9.17) is 0 Å². The number of nitrogens with zero attached hydrogens (tertiary/aromatic N) is 1. The molecule has 1 heterocycles. The van der Waals surface area contributed by atoms with Crippen LogP contribution in [0.3, 0.4) is 0 Å². The number of aromatic nitrogens is 1. The number of thiazole rings is 1. The number of fused-ring (bicyclic) bond motifs is 1. The Balaban J connectivity index is 2.15. The number of aliphatic hydroxyl groups excluding tert-OH is 1. The Kier molecular flexibility index (Phi) is 6.44. The number of carbonyl (C=O) groups excluding carboxylic acids is 1. The number of hydrogen-bond donors (Lipinski definition) is 3. The van der Waals surface area contributed by atoms with Crippen molar-refractivity contribution in [1.29, 1.82) is 0 Å². The molecule has 1 atom stereocenters. The van der Waals surface area contributed by atoms with Crippen LogP contribution in [0.15, 0.2) is 18.2 Å². The lowest BCUT2D eigenvalue weighted by Gasteiger charge is -2.15. The Morgan fingerprint density at radius 3 is 2.83 bits per heavy atom. The van der Waals surface area contributed by atoms with Crippen LogP contribution < -0.4 is 10.0 Å². The quantitative estimate of drug-likeness (QED) is 0.632. The van der Waals surface area contributed by atoms with Gasteiger partial charge in [0.15, 0.2) is 5.13 Å². The third-order valence-electron chi connectivity index (χ3n) is 3.15. The molecule has 132 valence electrons. The normalized spacial score (nSPS) is 13.0. The zero-order valence-electron chi connectivity index (χ0n) is 13.3. The van der Waals surface area contributed by atoms with Crippen LogP contribution in [-0.2, 0) is 10.0 Å². The first kappa shape index (κ1) is 19.0. The molecule has 24 heavy (non-hydrogen) atoms. The van der Waals surface area contributed by atoms with Gasteiger partial charge in [0.25, 0.3) is 5.91 Å². The first-order valence-corrected chi connectivity index (χ1v) is 11.2. The van der Waals surface area contributed by atoms with Crippen molar-refractivity contribution >= 4 is 54.4 Å². The van der Waals surface area contributed by atoms with Crippen molar-refractivity contribution < 1.29 is 18.3 Å². The number of thioether (sulfide) groups is 1. The van der Waals surface area contributed by atoms with Gasteiger partial charge in [-0.2, -0.15) is 11.8 Å². The highest BCUT2D eigenvalue weighted by Crippen LogP contribution is 2.27. The van der Waals surface area contributed by atoms with Crippen LogP contribution in [0.5, 0.6) is 0 Å². The fraction of sp³-hybridized carbons (Fsp3) is 0.429. The zero-order chi connectivity index (χ0) is 17.7. The molecule has 0 aliphatic rings. The molecule has 10 heteroatoms. The molecule has 2 aromatic rings. The first-order chi connectivity index (χ1) is 11.3. The lowest BCUT2D eigenvalue weighted by molar-refractivity contribution is 0.0915. The summed E-state index contributed by atoms with van der Waals surface area (Å²) in [5, 5.41) is 12.4. The minimum atomic E-state index is -3.39. The van der Waals surface area contributed by atoms with E-state index in [9.17, 15) is 18.3 Å². The van der Waals surface area contributed by atoms with E-state index in [2.05, 4.69) is 15.0 Å². The summed E-state index contributed by atoms with van der Waals surface area (Å²) in [5.74, 6) is 0.572. The number of carbonyl (C=O) groups is 1. The highest BCUT2D eigenvalue weighted by Gasteiger charge is 2.15. The molecule has 0 spiro atoms. The smallest absolute Gasteiger partial charge is 0.251 e. The van der Waals surface area contributed by atoms with Gasteiger partial charge in [0.2, 0.25) is 10.0 Å². The van der Waals surface area contributed by atoms with E-state index in [0.717, 1.165) is 23.3 Å². The summed E-state index contributed by atoms with van der Waals surface area (Å²) in [7, 11) is -3.39. The zero-order valence-corrected chi connectivity index (χ0v) is 15.7. The van der Waals surface area contributed by atoms with Gasteiger partial charge in [-0.25, -0.2) is 13.4 Å². The predicted octanol–water partition coefficient (Wildman–Crippen LogP) is 1.51. The van der Waals surface area contributed by atoms with E-state index in [1.807, 2.05) is 6.26 Å². The molecule has 2 rings (SSSR count). The monoisotopic (exact) mass is 389 g/mol. The van der Waals surface area contributed by atoms with Gasteiger partial charge in [-0.3, -0.25) is 9.52 Å². The standard InChI is InChI=1S/C14H19N3O4S3/c1-22-6-5-10(8-18)15-13(19)9-3-4-11-12(7-9)23-14(16-11)17-24(2,20)21/h3-4,7,10,18H,5-6,8H2,1-2H3,(H,15,19)(H,16,17)/t10-/m1/s1. The molecule has 0 aliphatic carbocycles. The van der Waals surface area contributed by atoms with Gasteiger partial charge in [-0.15, -0.1) is 0 Å². The van der Waals surface area contributed by atoms with Crippen LogP contribution in [0.4, 0.5) is 5.13 Å². The molecular weight excluding hydrogens is 370 g/mol. The molecule has 7 nitrogen and oxygen atoms in total. The van der Waals surface area contributed by atoms with Crippen LogP contribution in [0.2, 0.25) is 0 Å². The number of nitrogens with one attached hydrogen (secondary N) is 2. The fourth-order valence-corrected chi connectivity index (χ4v) is 4.27. The minimum absolute atomic E-state index is 0.114. The molecule has 3 N–H and O–H groups in total. The second-order valence-electron chi connectivity index (χ2n) is 5.21. The summed E-state index contributed by atoms with van der Waals surface area (Å²) in [6.07, 6.45) is 3.71. The van der Waals surface area contributed by atoms with Crippen molar-refractivity contribution in [2.45, 2.75) is 12.5 Å². The second kappa shape index (κ2) is 8.15. The number of amides is 1. The third kappa shape index (κ3) is 5.33. The molecule has 0 aliphatic heterocycles. The Morgan fingerprint density at radius 1 is 1.46 bits per heavy atom. The number of sulfonamides is 1. The maximum Gasteiger partial charge on any atom is 0.251 e. The molecule has 0 unspecified atom stereocenters. The SMILES string of the molecule is CSCC[C@H](CO)NC(=O)c1ccc2nc(NS(C)(=O)=O)sc2c1. The van der Waals surface area contributed by atoms with Crippen LogP contribution in [0.1, 0.15) is 16.8 Å².